The van der Waals surface area contributed by atoms with Gasteiger partial charge in [0.05, 0.1) is 13.7 Å². The van der Waals surface area contributed by atoms with Crippen LogP contribution in [0.2, 0.25) is 0 Å². The summed E-state index contributed by atoms with van der Waals surface area (Å²) in [5, 5.41) is 0. The molecule has 2 heterocycles. The van der Waals surface area contributed by atoms with Crippen LogP contribution in [0.3, 0.4) is 0 Å². The average molecular weight is 458 g/mol. The maximum Gasteiger partial charge on any atom is 0.324 e. The number of amides is 2. The molecule has 0 unspecified atom stereocenters. The van der Waals surface area contributed by atoms with Gasteiger partial charge in [-0.25, -0.2) is 4.79 Å². The van der Waals surface area contributed by atoms with E-state index >= 15 is 0 Å². The molecule has 7 heteroatoms. The Labute approximate surface area is 198 Å². The fourth-order valence-corrected chi connectivity index (χ4v) is 5.67. The van der Waals surface area contributed by atoms with E-state index < -0.39 is 0 Å². The van der Waals surface area contributed by atoms with Crippen LogP contribution < -0.4 is 4.90 Å². The van der Waals surface area contributed by atoms with Crippen molar-refractivity contribution >= 4 is 17.7 Å². The average Bonchev–Trinajstić information content (AvgIpc) is 3.11. The monoisotopic (exact) mass is 457 g/mol. The Bertz CT molecular complexity index is 822. The number of anilines is 1. The molecule has 0 atom stereocenters. The highest BCUT2D eigenvalue weighted by atomic mass is 16.5. The maximum absolute atomic E-state index is 13.3. The summed E-state index contributed by atoms with van der Waals surface area (Å²) in [7, 11) is 3.21. The Kier molecular flexibility index (Phi) is 8.25. The highest BCUT2D eigenvalue weighted by Crippen LogP contribution is 2.33. The van der Waals surface area contributed by atoms with Crippen LogP contribution in [0.1, 0.15) is 49.7 Å². The topological polar surface area (TPSA) is 62.3 Å². The molecule has 1 aromatic carbocycles. The highest BCUT2D eigenvalue weighted by Gasteiger charge is 2.36. The minimum atomic E-state index is -0.120. The van der Waals surface area contributed by atoms with Gasteiger partial charge in [0.15, 0.2) is 0 Å². The van der Waals surface area contributed by atoms with E-state index in [0.717, 1.165) is 90.0 Å². The summed E-state index contributed by atoms with van der Waals surface area (Å²) in [4.78, 5) is 31.3. The van der Waals surface area contributed by atoms with Crippen molar-refractivity contribution in [2.24, 2.45) is 5.92 Å². The van der Waals surface area contributed by atoms with E-state index in [4.69, 9.17) is 9.47 Å². The highest BCUT2D eigenvalue weighted by molar-refractivity contribution is 5.94. The van der Waals surface area contributed by atoms with Crippen molar-refractivity contribution in [2.75, 3.05) is 58.5 Å². The van der Waals surface area contributed by atoms with Gasteiger partial charge in [-0.1, -0.05) is 6.07 Å². The lowest BCUT2D eigenvalue weighted by atomic mass is 9.83. The summed E-state index contributed by atoms with van der Waals surface area (Å²) >= 11 is 0. The van der Waals surface area contributed by atoms with Crippen LogP contribution in [0.5, 0.6) is 0 Å². The summed E-state index contributed by atoms with van der Waals surface area (Å²) in [5.74, 6) is 0.452. The molecule has 7 nitrogen and oxygen atoms in total. The number of esters is 1. The molecule has 0 radical (unpaired) electrons. The molecule has 1 saturated carbocycles. The van der Waals surface area contributed by atoms with E-state index in [2.05, 4.69) is 28.0 Å². The standard InChI is InChI=1S/C26H39N3O4/c1-32-18-17-27-13-11-21-6-9-24(19-22(21)12-14-27)29-16-15-28(26(29)31)23-7-3-20(4-8-23)5-10-25(30)33-2/h6,9,19-20,23H,3-5,7-8,10-18H2,1-2H3/t20-,23-. The van der Waals surface area contributed by atoms with Gasteiger partial charge in [-0.3, -0.25) is 9.69 Å². The summed E-state index contributed by atoms with van der Waals surface area (Å²) in [5.41, 5.74) is 3.83. The maximum atomic E-state index is 13.3. The minimum Gasteiger partial charge on any atom is -0.469 e. The van der Waals surface area contributed by atoms with Gasteiger partial charge in [-0.05, 0) is 74.1 Å². The van der Waals surface area contributed by atoms with Crippen molar-refractivity contribution in [3.8, 4) is 0 Å². The van der Waals surface area contributed by atoms with E-state index in [1.165, 1.54) is 18.2 Å². The lowest BCUT2D eigenvalue weighted by Crippen LogP contribution is -2.41. The SMILES string of the molecule is COCCN1CCc2ccc(N3CCN([C@H]4CC[C@H](CCC(=O)OC)CC4)C3=O)cc2CC1. The summed E-state index contributed by atoms with van der Waals surface area (Å²) < 4.78 is 10.0. The molecule has 0 aromatic heterocycles. The molecule has 182 valence electrons. The van der Waals surface area contributed by atoms with Crippen LogP contribution in [-0.2, 0) is 27.1 Å². The normalized spacial score (nSPS) is 24.0. The molecule has 2 amide bonds. The van der Waals surface area contributed by atoms with Crippen molar-refractivity contribution in [2.45, 2.75) is 57.4 Å². The molecule has 3 aliphatic rings. The van der Waals surface area contributed by atoms with E-state index in [-0.39, 0.29) is 12.0 Å². The molecule has 1 saturated heterocycles. The Morgan fingerprint density at radius 1 is 1.00 bits per heavy atom. The van der Waals surface area contributed by atoms with Gasteiger partial charge < -0.3 is 19.3 Å². The van der Waals surface area contributed by atoms with Crippen molar-refractivity contribution in [3.63, 3.8) is 0 Å². The van der Waals surface area contributed by atoms with Crippen LogP contribution in [0.25, 0.3) is 0 Å². The van der Waals surface area contributed by atoms with Crippen molar-refractivity contribution in [1.82, 2.24) is 9.80 Å². The van der Waals surface area contributed by atoms with Gasteiger partial charge >= 0.3 is 12.0 Å². The summed E-state index contributed by atoms with van der Waals surface area (Å²) in [6.07, 6.45) is 7.72. The zero-order valence-corrected chi connectivity index (χ0v) is 20.3. The molecule has 0 spiro atoms. The van der Waals surface area contributed by atoms with Crippen molar-refractivity contribution < 1.29 is 19.1 Å². The minimum absolute atomic E-state index is 0.120. The van der Waals surface area contributed by atoms with Crippen molar-refractivity contribution in [1.29, 1.82) is 0 Å². The number of ether oxygens (including phenoxy) is 2. The fraction of sp³-hybridized carbons (Fsp3) is 0.692. The fourth-order valence-electron chi connectivity index (χ4n) is 5.67. The predicted octanol–water partition coefficient (Wildman–Crippen LogP) is 3.49. The third-order valence-corrected chi connectivity index (χ3v) is 7.79. The zero-order valence-electron chi connectivity index (χ0n) is 20.3. The Morgan fingerprint density at radius 3 is 2.48 bits per heavy atom. The number of benzene rings is 1. The zero-order chi connectivity index (χ0) is 23.2. The molecule has 0 N–H and O–H groups in total. The van der Waals surface area contributed by atoms with Gasteiger partial charge in [0, 0.05) is 58.0 Å². The third kappa shape index (κ3) is 5.87. The van der Waals surface area contributed by atoms with E-state index in [9.17, 15) is 9.59 Å². The van der Waals surface area contributed by atoms with Crippen LogP contribution >= 0.6 is 0 Å². The van der Waals surface area contributed by atoms with Crippen LogP contribution in [0.4, 0.5) is 10.5 Å². The second-order valence-electron chi connectivity index (χ2n) is 9.70. The first kappa shape index (κ1) is 24.0. The molecule has 1 aliphatic carbocycles. The number of fused-ring (bicyclic) bond motifs is 1. The first-order valence-electron chi connectivity index (χ1n) is 12.6. The van der Waals surface area contributed by atoms with Gasteiger partial charge in [-0.15, -0.1) is 0 Å². The number of hydrogen-bond donors (Lipinski definition) is 0. The second kappa shape index (κ2) is 11.3. The van der Waals surface area contributed by atoms with Gasteiger partial charge in [0.2, 0.25) is 0 Å². The number of nitrogens with zero attached hydrogens (tertiary/aromatic N) is 3. The van der Waals surface area contributed by atoms with Gasteiger partial charge in [0.25, 0.3) is 0 Å². The number of hydrogen-bond acceptors (Lipinski definition) is 5. The Hall–Kier alpha value is -2.12. The summed E-state index contributed by atoms with van der Waals surface area (Å²) in [6.45, 7) is 5.42. The van der Waals surface area contributed by atoms with E-state index in [1.807, 2.05) is 4.90 Å². The smallest absolute Gasteiger partial charge is 0.324 e. The molecule has 0 bridgehead atoms. The molecular weight excluding hydrogens is 418 g/mol. The molecule has 33 heavy (non-hydrogen) atoms. The van der Waals surface area contributed by atoms with Gasteiger partial charge in [0.1, 0.15) is 0 Å². The largest absolute Gasteiger partial charge is 0.469 e. The molecule has 1 aromatic rings. The van der Waals surface area contributed by atoms with E-state index in [0.29, 0.717) is 18.4 Å². The molecule has 2 aliphatic heterocycles. The van der Waals surface area contributed by atoms with Crippen LogP contribution in [0, 0.1) is 5.92 Å². The van der Waals surface area contributed by atoms with Crippen LogP contribution in [0.15, 0.2) is 18.2 Å². The third-order valence-electron chi connectivity index (χ3n) is 7.79. The number of carbonyl (C=O) groups is 2. The first-order valence-corrected chi connectivity index (χ1v) is 12.6. The Morgan fingerprint density at radius 2 is 1.76 bits per heavy atom. The quantitative estimate of drug-likeness (QED) is 0.559. The van der Waals surface area contributed by atoms with Gasteiger partial charge in [-0.2, -0.15) is 0 Å². The van der Waals surface area contributed by atoms with Crippen molar-refractivity contribution in [3.05, 3.63) is 29.3 Å². The van der Waals surface area contributed by atoms with E-state index in [1.54, 1.807) is 7.11 Å². The lowest BCUT2D eigenvalue weighted by molar-refractivity contribution is -0.141. The second-order valence-corrected chi connectivity index (χ2v) is 9.70. The van der Waals surface area contributed by atoms with Crippen LogP contribution in [-0.4, -0.2) is 81.4 Å². The first-order chi connectivity index (χ1) is 16.1. The molecule has 4 rings (SSSR count). The Balaban J connectivity index is 1.32. The lowest BCUT2D eigenvalue weighted by Gasteiger charge is -2.34. The number of carbonyl (C=O) groups excluding carboxylic acids is 2. The number of methoxy groups -OCH3 is 2. The molecular formula is C26H39N3O4. The predicted molar refractivity (Wildman–Crippen MR) is 129 cm³/mol. The number of urea groups is 1. The number of rotatable bonds is 8. The molecule has 2 fully saturated rings. The summed E-state index contributed by atoms with van der Waals surface area (Å²) in [6, 6.07) is 7.09.